The standard InChI is InChI=1S/C15H16N2O3/c18-13(19)5-4-11-10-2-1-3-12-14(10)9(8-17-12)6-7-16-15(11)20/h1-3,8,11,17H,4-7H2,(H,16,20)(H,18,19). The number of carbonyl (C=O) groups excluding carboxylic acids is 1. The van der Waals surface area contributed by atoms with Gasteiger partial charge in [0.1, 0.15) is 0 Å². The van der Waals surface area contributed by atoms with E-state index in [1.54, 1.807) is 0 Å². The van der Waals surface area contributed by atoms with Crippen molar-refractivity contribution in [3.05, 3.63) is 35.5 Å². The first-order valence-electron chi connectivity index (χ1n) is 6.75. The average Bonchev–Trinajstić information content (AvgIpc) is 2.81. The van der Waals surface area contributed by atoms with Crippen LogP contribution in [0, 0.1) is 0 Å². The predicted octanol–water partition coefficient (Wildman–Crippen LogP) is 1.79. The molecule has 0 aliphatic carbocycles. The fourth-order valence-electron chi connectivity index (χ4n) is 2.91. The Balaban J connectivity index is 2.10. The molecule has 2 aromatic rings. The SMILES string of the molecule is O=C(O)CCC1C(=O)NCCc2c[nH]c3cccc1c23. The second-order valence-electron chi connectivity index (χ2n) is 5.11. The highest BCUT2D eigenvalue weighted by Crippen LogP contribution is 2.32. The van der Waals surface area contributed by atoms with Crippen molar-refractivity contribution in [2.45, 2.75) is 25.2 Å². The van der Waals surface area contributed by atoms with Gasteiger partial charge >= 0.3 is 5.97 Å². The molecule has 1 unspecified atom stereocenters. The van der Waals surface area contributed by atoms with Crippen molar-refractivity contribution >= 4 is 22.8 Å². The Labute approximate surface area is 116 Å². The molecular weight excluding hydrogens is 256 g/mol. The van der Waals surface area contributed by atoms with Crippen LogP contribution in [0.4, 0.5) is 0 Å². The number of aliphatic carboxylic acids is 1. The monoisotopic (exact) mass is 272 g/mol. The Hall–Kier alpha value is -2.30. The van der Waals surface area contributed by atoms with Gasteiger partial charge in [0.2, 0.25) is 5.91 Å². The number of H-pyrrole nitrogens is 1. The number of aromatic amines is 1. The first-order valence-corrected chi connectivity index (χ1v) is 6.75. The van der Waals surface area contributed by atoms with Crippen LogP contribution in [0.3, 0.4) is 0 Å². The third-order valence-corrected chi connectivity index (χ3v) is 3.85. The molecule has 0 radical (unpaired) electrons. The largest absolute Gasteiger partial charge is 0.481 e. The van der Waals surface area contributed by atoms with Gasteiger partial charge in [0.05, 0.1) is 5.92 Å². The van der Waals surface area contributed by atoms with E-state index in [2.05, 4.69) is 10.3 Å². The zero-order chi connectivity index (χ0) is 14.1. The van der Waals surface area contributed by atoms with Gasteiger partial charge in [0.15, 0.2) is 0 Å². The Kier molecular flexibility index (Phi) is 3.18. The molecule has 0 bridgehead atoms. The number of carbonyl (C=O) groups is 2. The van der Waals surface area contributed by atoms with Crippen molar-refractivity contribution in [2.24, 2.45) is 0 Å². The lowest BCUT2D eigenvalue weighted by Gasteiger charge is -2.20. The normalized spacial score (nSPS) is 18.4. The van der Waals surface area contributed by atoms with Crippen LogP contribution in [0.15, 0.2) is 24.4 Å². The molecule has 1 aliphatic heterocycles. The fourth-order valence-corrected chi connectivity index (χ4v) is 2.91. The first-order chi connectivity index (χ1) is 9.66. The number of amides is 1. The van der Waals surface area contributed by atoms with E-state index in [-0.39, 0.29) is 12.3 Å². The second kappa shape index (κ2) is 5.00. The molecule has 3 N–H and O–H groups in total. The topological polar surface area (TPSA) is 82.2 Å². The molecule has 1 aliphatic rings. The van der Waals surface area contributed by atoms with Crippen molar-refractivity contribution in [1.29, 1.82) is 0 Å². The minimum Gasteiger partial charge on any atom is -0.481 e. The number of hydrogen-bond donors (Lipinski definition) is 3. The summed E-state index contributed by atoms with van der Waals surface area (Å²) in [5.74, 6) is -1.35. The number of aromatic nitrogens is 1. The van der Waals surface area contributed by atoms with Crippen LogP contribution in [0.2, 0.25) is 0 Å². The Morgan fingerprint density at radius 1 is 1.40 bits per heavy atom. The summed E-state index contributed by atoms with van der Waals surface area (Å²) in [5.41, 5.74) is 3.11. The molecule has 2 heterocycles. The highest BCUT2D eigenvalue weighted by molar-refractivity contribution is 5.94. The summed E-state index contributed by atoms with van der Waals surface area (Å²) in [6.45, 7) is 0.587. The van der Waals surface area contributed by atoms with E-state index in [0.29, 0.717) is 13.0 Å². The highest BCUT2D eigenvalue weighted by Gasteiger charge is 2.26. The van der Waals surface area contributed by atoms with E-state index < -0.39 is 11.9 Å². The molecule has 104 valence electrons. The Morgan fingerprint density at radius 3 is 3.05 bits per heavy atom. The zero-order valence-corrected chi connectivity index (χ0v) is 11.0. The molecule has 0 saturated heterocycles. The van der Waals surface area contributed by atoms with E-state index >= 15 is 0 Å². The van der Waals surface area contributed by atoms with Gasteiger partial charge in [-0.05, 0) is 30.0 Å². The molecule has 1 atom stereocenters. The maximum atomic E-state index is 12.2. The fraction of sp³-hybridized carbons (Fsp3) is 0.333. The number of carboxylic acid groups (broad SMARTS) is 1. The third-order valence-electron chi connectivity index (χ3n) is 3.85. The maximum Gasteiger partial charge on any atom is 0.303 e. The van der Waals surface area contributed by atoms with Crippen LogP contribution >= 0.6 is 0 Å². The van der Waals surface area contributed by atoms with Crippen LogP contribution in [0.5, 0.6) is 0 Å². The van der Waals surface area contributed by atoms with Crippen LogP contribution in [0.25, 0.3) is 10.9 Å². The van der Waals surface area contributed by atoms with Crippen LogP contribution in [-0.4, -0.2) is 28.5 Å². The molecule has 1 aromatic carbocycles. The van der Waals surface area contributed by atoms with Gasteiger partial charge < -0.3 is 15.4 Å². The van der Waals surface area contributed by atoms with Gasteiger partial charge in [-0.2, -0.15) is 0 Å². The van der Waals surface area contributed by atoms with E-state index in [9.17, 15) is 9.59 Å². The molecule has 0 saturated carbocycles. The summed E-state index contributed by atoms with van der Waals surface area (Å²) < 4.78 is 0. The molecule has 20 heavy (non-hydrogen) atoms. The molecule has 5 nitrogen and oxygen atoms in total. The van der Waals surface area contributed by atoms with Gasteiger partial charge in [-0.3, -0.25) is 9.59 Å². The van der Waals surface area contributed by atoms with Gasteiger partial charge in [-0.15, -0.1) is 0 Å². The summed E-state index contributed by atoms with van der Waals surface area (Å²) >= 11 is 0. The number of rotatable bonds is 3. The zero-order valence-electron chi connectivity index (χ0n) is 11.0. The quantitative estimate of drug-likeness (QED) is 0.796. The van der Waals surface area contributed by atoms with Crippen molar-refractivity contribution in [2.75, 3.05) is 6.54 Å². The summed E-state index contributed by atoms with van der Waals surface area (Å²) in [7, 11) is 0. The number of nitrogens with one attached hydrogen (secondary N) is 2. The van der Waals surface area contributed by atoms with E-state index in [4.69, 9.17) is 5.11 Å². The molecule has 0 fully saturated rings. The Bertz CT molecular complexity index is 675. The van der Waals surface area contributed by atoms with Crippen molar-refractivity contribution < 1.29 is 14.7 Å². The van der Waals surface area contributed by atoms with Crippen LogP contribution in [0.1, 0.15) is 29.9 Å². The molecular formula is C15H16N2O3. The second-order valence-corrected chi connectivity index (χ2v) is 5.11. The number of carboxylic acids is 1. The van der Waals surface area contributed by atoms with Crippen molar-refractivity contribution in [1.82, 2.24) is 10.3 Å². The van der Waals surface area contributed by atoms with Gasteiger partial charge in [0, 0.05) is 30.1 Å². The maximum absolute atomic E-state index is 12.2. The lowest BCUT2D eigenvalue weighted by Crippen LogP contribution is -2.32. The van der Waals surface area contributed by atoms with Crippen molar-refractivity contribution in [3.63, 3.8) is 0 Å². The number of benzene rings is 1. The van der Waals surface area contributed by atoms with Crippen LogP contribution in [-0.2, 0) is 16.0 Å². The lowest BCUT2D eigenvalue weighted by molar-refractivity contribution is -0.137. The minimum absolute atomic E-state index is 0.00572. The van der Waals surface area contributed by atoms with E-state index in [1.165, 1.54) is 5.56 Å². The third kappa shape index (κ3) is 2.15. The molecule has 1 aromatic heterocycles. The summed E-state index contributed by atoms with van der Waals surface area (Å²) in [4.78, 5) is 26.3. The molecule has 1 amide bonds. The summed E-state index contributed by atoms with van der Waals surface area (Å²) in [6, 6.07) is 5.81. The van der Waals surface area contributed by atoms with E-state index in [1.807, 2.05) is 24.4 Å². The van der Waals surface area contributed by atoms with Crippen molar-refractivity contribution in [3.8, 4) is 0 Å². The molecule has 5 heteroatoms. The summed E-state index contributed by atoms with van der Waals surface area (Å²) in [5, 5.41) is 12.8. The first kappa shape index (κ1) is 12.7. The lowest BCUT2D eigenvalue weighted by atomic mass is 9.88. The predicted molar refractivity (Wildman–Crippen MR) is 74.6 cm³/mol. The van der Waals surface area contributed by atoms with E-state index in [0.717, 1.165) is 22.9 Å². The Morgan fingerprint density at radius 2 is 2.25 bits per heavy atom. The number of hydrogen-bond acceptors (Lipinski definition) is 2. The average molecular weight is 272 g/mol. The smallest absolute Gasteiger partial charge is 0.303 e. The minimum atomic E-state index is -0.874. The summed E-state index contributed by atoms with van der Waals surface area (Å²) in [6.07, 6.45) is 3.08. The van der Waals surface area contributed by atoms with Gasteiger partial charge in [0.25, 0.3) is 0 Å². The van der Waals surface area contributed by atoms with Gasteiger partial charge in [-0.1, -0.05) is 12.1 Å². The molecule has 0 spiro atoms. The highest BCUT2D eigenvalue weighted by atomic mass is 16.4. The van der Waals surface area contributed by atoms with Crippen LogP contribution < -0.4 is 5.32 Å². The van der Waals surface area contributed by atoms with Gasteiger partial charge in [-0.25, -0.2) is 0 Å². The molecule has 3 rings (SSSR count).